The van der Waals surface area contributed by atoms with Crippen LogP contribution in [0.5, 0.6) is 0 Å². The van der Waals surface area contributed by atoms with Crippen LogP contribution in [0.2, 0.25) is 0 Å². The Morgan fingerprint density at radius 1 is 1.14 bits per heavy atom. The molecule has 3 rings (SSSR count). The Morgan fingerprint density at radius 2 is 1.86 bits per heavy atom. The normalized spacial score (nSPS) is 26.5. The number of benzene rings is 1. The van der Waals surface area contributed by atoms with Gasteiger partial charge in [0.05, 0.1) is 0 Å². The van der Waals surface area contributed by atoms with Gasteiger partial charge in [-0.25, -0.2) is 0 Å². The Balaban J connectivity index is 1.75. The van der Waals surface area contributed by atoms with E-state index in [1.54, 1.807) is 0 Å². The van der Waals surface area contributed by atoms with Gasteiger partial charge < -0.3 is 10.4 Å². The molecule has 2 N–H and O–H groups in total. The molecule has 2 nitrogen and oxygen atoms in total. The minimum atomic E-state index is 0.141. The van der Waals surface area contributed by atoms with Crippen molar-refractivity contribution in [3.05, 3.63) is 35.4 Å². The Bertz CT molecular complexity index is 488. The van der Waals surface area contributed by atoms with Gasteiger partial charge in [-0.3, -0.25) is 0 Å². The van der Waals surface area contributed by atoms with Crippen LogP contribution in [0.4, 0.5) is 0 Å². The van der Waals surface area contributed by atoms with Crippen molar-refractivity contribution in [1.82, 2.24) is 5.32 Å². The summed E-state index contributed by atoms with van der Waals surface area (Å²) in [7, 11) is 0. The predicted octanol–water partition coefficient (Wildman–Crippen LogP) is 3.94. The van der Waals surface area contributed by atoms with Gasteiger partial charge in [0.1, 0.15) is 0 Å². The summed E-state index contributed by atoms with van der Waals surface area (Å²) in [5, 5.41) is 13.6. The Labute approximate surface area is 129 Å². The van der Waals surface area contributed by atoms with Gasteiger partial charge in [-0.05, 0) is 42.2 Å². The maximum atomic E-state index is 9.78. The Hall–Kier alpha value is -0.860. The summed E-state index contributed by atoms with van der Waals surface area (Å²) in [6.45, 7) is 6.01. The lowest BCUT2D eigenvalue weighted by atomic mass is 9.71. The summed E-state index contributed by atoms with van der Waals surface area (Å²) >= 11 is 0. The first-order chi connectivity index (χ1) is 10.1. The fourth-order valence-electron chi connectivity index (χ4n) is 4.28. The van der Waals surface area contributed by atoms with E-state index >= 15 is 0 Å². The number of nitrogens with one attached hydrogen (secondary N) is 1. The molecule has 0 radical (unpaired) electrons. The second kappa shape index (κ2) is 5.73. The highest BCUT2D eigenvalue weighted by molar-refractivity contribution is 5.38. The number of aliphatic hydroxyl groups excluding tert-OH is 1. The Morgan fingerprint density at radius 3 is 2.57 bits per heavy atom. The molecule has 1 fully saturated rings. The summed E-state index contributed by atoms with van der Waals surface area (Å²) in [5.74, 6) is 0. The van der Waals surface area contributed by atoms with E-state index in [-0.39, 0.29) is 10.8 Å². The second-order valence-corrected chi connectivity index (χ2v) is 7.81. The summed E-state index contributed by atoms with van der Waals surface area (Å²) in [5.41, 5.74) is 3.40. The molecule has 2 aliphatic carbocycles. The predicted molar refractivity (Wildman–Crippen MR) is 87.4 cm³/mol. The molecule has 0 aliphatic heterocycles. The third kappa shape index (κ3) is 2.89. The van der Waals surface area contributed by atoms with Crippen LogP contribution in [0.1, 0.15) is 69.5 Å². The van der Waals surface area contributed by atoms with Crippen molar-refractivity contribution < 1.29 is 5.11 Å². The summed E-state index contributed by atoms with van der Waals surface area (Å²) in [6.07, 6.45) is 7.33. The number of aliphatic hydroxyl groups is 1. The van der Waals surface area contributed by atoms with Gasteiger partial charge in [0, 0.05) is 24.6 Å². The summed E-state index contributed by atoms with van der Waals surface area (Å²) in [6, 6.07) is 9.36. The van der Waals surface area contributed by atoms with Crippen LogP contribution in [-0.4, -0.2) is 18.3 Å². The van der Waals surface area contributed by atoms with Gasteiger partial charge in [0.25, 0.3) is 0 Å². The molecule has 0 spiro atoms. The van der Waals surface area contributed by atoms with Crippen LogP contribution in [0.25, 0.3) is 0 Å². The maximum Gasteiger partial charge on any atom is 0.0499 e. The minimum Gasteiger partial charge on any atom is -0.396 e. The third-order valence-corrected chi connectivity index (χ3v) is 5.85. The van der Waals surface area contributed by atoms with Crippen LogP contribution < -0.4 is 5.32 Å². The van der Waals surface area contributed by atoms with Crippen LogP contribution in [0.15, 0.2) is 24.3 Å². The summed E-state index contributed by atoms with van der Waals surface area (Å²) in [4.78, 5) is 0. The average Bonchev–Trinajstić information content (AvgIpc) is 2.96. The molecule has 21 heavy (non-hydrogen) atoms. The van der Waals surface area contributed by atoms with E-state index in [1.165, 1.54) is 49.7 Å². The SMILES string of the molecule is CC1(C)CCC(NCC2(CO)CCCC2)c2ccccc21. The van der Waals surface area contributed by atoms with Crippen molar-refractivity contribution in [1.29, 1.82) is 0 Å². The monoisotopic (exact) mass is 287 g/mol. The first-order valence-electron chi connectivity index (χ1n) is 8.50. The first kappa shape index (κ1) is 15.1. The standard InChI is InChI=1S/C19H29NO/c1-18(2)12-9-17(15-7-3-4-8-16(15)18)20-13-19(14-21)10-5-6-11-19/h3-4,7-8,17,20-21H,5-6,9-14H2,1-2H3. The molecule has 0 aromatic heterocycles. The lowest BCUT2D eigenvalue weighted by Crippen LogP contribution is -2.39. The molecule has 1 atom stereocenters. The molecule has 0 saturated heterocycles. The van der Waals surface area contributed by atoms with Crippen LogP contribution in [-0.2, 0) is 5.41 Å². The molecule has 0 heterocycles. The molecule has 2 heteroatoms. The van der Waals surface area contributed by atoms with E-state index < -0.39 is 0 Å². The van der Waals surface area contributed by atoms with Crippen LogP contribution in [0, 0.1) is 5.41 Å². The van der Waals surface area contributed by atoms with E-state index in [0.29, 0.717) is 12.6 Å². The van der Waals surface area contributed by atoms with E-state index in [0.717, 1.165) is 6.54 Å². The highest BCUT2D eigenvalue weighted by Crippen LogP contribution is 2.42. The van der Waals surface area contributed by atoms with Crippen molar-refractivity contribution in [3.63, 3.8) is 0 Å². The second-order valence-electron chi connectivity index (χ2n) is 7.81. The number of hydrogen-bond donors (Lipinski definition) is 2. The molecule has 1 aromatic rings. The number of rotatable bonds is 4. The van der Waals surface area contributed by atoms with Gasteiger partial charge in [0.15, 0.2) is 0 Å². The van der Waals surface area contributed by atoms with Crippen molar-refractivity contribution in [2.24, 2.45) is 5.41 Å². The van der Waals surface area contributed by atoms with Crippen molar-refractivity contribution in [2.75, 3.05) is 13.2 Å². The smallest absolute Gasteiger partial charge is 0.0499 e. The number of fused-ring (bicyclic) bond motifs is 1. The van der Waals surface area contributed by atoms with Crippen molar-refractivity contribution in [3.8, 4) is 0 Å². The lowest BCUT2D eigenvalue weighted by Gasteiger charge is -2.39. The highest BCUT2D eigenvalue weighted by atomic mass is 16.3. The van der Waals surface area contributed by atoms with Crippen LogP contribution in [0.3, 0.4) is 0 Å². The van der Waals surface area contributed by atoms with E-state index in [9.17, 15) is 5.11 Å². The topological polar surface area (TPSA) is 32.3 Å². The molecule has 116 valence electrons. The lowest BCUT2D eigenvalue weighted by molar-refractivity contribution is 0.122. The van der Waals surface area contributed by atoms with Crippen molar-refractivity contribution in [2.45, 2.75) is 63.8 Å². The van der Waals surface area contributed by atoms with Gasteiger partial charge in [-0.15, -0.1) is 0 Å². The molecule has 1 unspecified atom stereocenters. The largest absolute Gasteiger partial charge is 0.396 e. The third-order valence-electron chi connectivity index (χ3n) is 5.85. The molecule has 1 saturated carbocycles. The molecular formula is C19H29NO. The zero-order valence-electron chi connectivity index (χ0n) is 13.5. The van der Waals surface area contributed by atoms with Gasteiger partial charge in [-0.1, -0.05) is 51.0 Å². The minimum absolute atomic E-state index is 0.141. The molecular weight excluding hydrogens is 258 g/mol. The quantitative estimate of drug-likeness (QED) is 0.879. The zero-order chi connectivity index (χ0) is 14.9. The fourth-order valence-corrected chi connectivity index (χ4v) is 4.28. The van der Waals surface area contributed by atoms with Crippen molar-refractivity contribution >= 4 is 0 Å². The molecule has 2 aliphatic rings. The summed E-state index contributed by atoms with van der Waals surface area (Å²) < 4.78 is 0. The molecule has 0 amide bonds. The van der Waals surface area contributed by atoms with Gasteiger partial charge in [0.2, 0.25) is 0 Å². The van der Waals surface area contributed by atoms with E-state index in [4.69, 9.17) is 0 Å². The molecule has 0 bridgehead atoms. The van der Waals surface area contributed by atoms with Crippen LogP contribution >= 0.6 is 0 Å². The van der Waals surface area contributed by atoms with E-state index in [2.05, 4.69) is 43.4 Å². The fraction of sp³-hybridized carbons (Fsp3) is 0.684. The first-order valence-corrected chi connectivity index (χ1v) is 8.50. The maximum absolute atomic E-state index is 9.78. The van der Waals surface area contributed by atoms with Gasteiger partial charge in [-0.2, -0.15) is 0 Å². The van der Waals surface area contributed by atoms with E-state index in [1.807, 2.05) is 0 Å². The number of hydrogen-bond acceptors (Lipinski definition) is 2. The molecule has 1 aromatic carbocycles. The highest BCUT2D eigenvalue weighted by Gasteiger charge is 2.36. The van der Waals surface area contributed by atoms with Gasteiger partial charge >= 0.3 is 0 Å². The average molecular weight is 287 g/mol. The Kier molecular flexibility index (Phi) is 4.11. The zero-order valence-corrected chi connectivity index (χ0v) is 13.5.